The molecule has 0 heterocycles. The van der Waals surface area contributed by atoms with Crippen molar-refractivity contribution < 1.29 is 27.5 Å². The van der Waals surface area contributed by atoms with Gasteiger partial charge in [-0.15, -0.1) is 0 Å². The second-order valence-electron chi connectivity index (χ2n) is 4.71. The fourth-order valence-corrected chi connectivity index (χ4v) is 4.40. The summed E-state index contributed by atoms with van der Waals surface area (Å²) in [6, 6.07) is 0.670. The molecule has 6 nitrogen and oxygen atoms in total. The highest BCUT2D eigenvalue weighted by Gasteiger charge is 2.39. The van der Waals surface area contributed by atoms with Crippen molar-refractivity contribution in [1.29, 1.82) is 0 Å². The Hall–Kier alpha value is -0.733. The zero-order valence-electron chi connectivity index (χ0n) is 14.5. The molecule has 0 aromatic rings. The minimum absolute atomic E-state index is 0.353. The molecule has 0 aromatic heterocycles. The molecule has 1 atom stereocenters. The molecule has 130 valence electrons. The SMILES string of the molecule is C=C(C)C(=O)OC(C)OCCC[Si](OCC)(OCC)OCC. The zero-order valence-corrected chi connectivity index (χ0v) is 15.5. The van der Waals surface area contributed by atoms with Crippen molar-refractivity contribution in [2.45, 2.75) is 53.4 Å². The van der Waals surface area contributed by atoms with Gasteiger partial charge in [0.1, 0.15) is 0 Å². The highest BCUT2D eigenvalue weighted by Crippen LogP contribution is 2.18. The van der Waals surface area contributed by atoms with Crippen LogP contribution in [0.3, 0.4) is 0 Å². The fraction of sp³-hybridized carbons (Fsp3) is 0.800. The minimum Gasteiger partial charge on any atom is -0.433 e. The van der Waals surface area contributed by atoms with Gasteiger partial charge in [-0.3, -0.25) is 0 Å². The molecule has 1 unspecified atom stereocenters. The Labute approximate surface area is 135 Å². The van der Waals surface area contributed by atoms with Gasteiger partial charge in [0, 0.05) is 31.4 Å². The van der Waals surface area contributed by atoms with E-state index < -0.39 is 21.1 Å². The summed E-state index contributed by atoms with van der Waals surface area (Å²) in [6.45, 7) is 14.7. The number of hydrogen-bond donors (Lipinski definition) is 0. The quantitative estimate of drug-likeness (QED) is 0.170. The van der Waals surface area contributed by atoms with Gasteiger partial charge < -0.3 is 22.8 Å². The van der Waals surface area contributed by atoms with E-state index in [-0.39, 0.29) is 0 Å². The average Bonchev–Trinajstić information content (AvgIpc) is 2.44. The molecule has 0 aromatic carbocycles. The van der Waals surface area contributed by atoms with Gasteiger partial charge in [-0.25, -0.2) is 4.79 Å². The number of carbonyl (C=O) groups is 1. The van der Waals surface area contributed by atoms with E-state index in [0.717, 1.165) is 0 Å². The second-order valence-corrected chi connectivity index (χ2v) is 7.44. The molecule has 22 heavy (non-hydrogen) atoms. The molecule has 0 aliphatic heterocycles. The molecule has 0 saturated heterocycles. The summed E-state index contributed by atoms with van der Waals surface area (Å²) in [7, 11) is -2.62. The fourth-order valence-electron chi connectivity index (χ4n) is 1.82. The van der Waals surface area contributed by atoms with Gasteiger partial charge in [0.05, 0.1) is 6.61 Å². The van der Waals surface area contributed by atoms with Gasteiger partial charge in [0.15, 0.2) is 6.29 Å². The molecule has 0 saturated carbocycles. The Morgan fingerprint density at radius 3 is 2.00 bits per heavy atom. The molecule has 0 amide bonds. The van der Waals surface area contributed by atoms with Crippen LogP contribution in [-0.2, 0) is 27.5 Å². The van der Waals surface area contributed by atoms with Crippen molar-refractivity contribution >= 4 is 14.8 Å². The lowest BCUT2D eigenvalue weighted by Gasteiger charge is -2.28. The third-order valence-electron chi connectivity index (χ3n) is 2.69. The molecule has 0 aliphatic rings. The van der Waals surface area contributed by atoms with Crippen molar-refractivity contribution in [3.63, 3.8) is 0 Å². The van der Waals surface area contributed by atoms with E-state index in [2.05, 4.69) is 6.58 Å². The largest absolute Gasteiger partial charge is 0.501 e. The van der Waals surface area contributed by atoms with Crippen LogP contribution in [0.1, 0.15) is 41.0 Å². The Balaban J connectivity index is 4.21. The first-order valence-electron chi connectivity index (χ1n) is 7.80. The van der Waals surface area contributed by atoms with Crippen LogP contribution in [0.5, 0.6) is 0 Å². The Morgan fingerprint density at radius 1 is 1.09 bits per heavy atom. The summed E-state index contributed by atoms with van der Waals surface area (Å²) >= 11 is 0. The monoisotopic (exact) mass is 334 g/mol. The van der Waals surface area contributed by atoms with Gasteiger partial charge >= 0.3 is 14.8 Å². The van der Waals surface area contributed by atoms with Gasteiger partial charge in [0.25, 0.3) is 0 Å². The number of esters is 1. The van der Waals surface area contributed by atoms with Crippen molar-refractivity contribution in [3.05, 3.63) is 12.2 Å². The van der Waals surface area contributed by atoms with Crippen LogP contribution >= 0.6 is 0 Å². The normalized spacial score (nSPS) is 13.0. The van der Waals surface area contributed by atoms with Crippen LogP contribution in [0.4, 0.5) is 0 Å². The van der Waals surface area contributed by atoms with E-state index in [9.17, 15) is 4.79 Å². The highest BCUT2D eigenvalue weighted by atomic mass is 28.4. The molecule has 0 rings (SSSR count). The maximum Gasteiger partial charge on any atom is 0.501 e. The topological polar surface area (TPSA) is 63.2 Å². The summed E-state index contributed by atoms with van der Waals surface area (Å²) < 4.78 is 27.8. The maximum absolute atomic E-state index is 11.3. The standard InChI is InChI=1S/C15H30O6Si/c1-7-18-22(19-8-2,20-9-3)12-10-11-17-14(6)21-15(16)13(4)5/h14H,4,7-12H2,1-3,5-6H3. The first-order valence-corrected chi connectivity index (χ1v) is 9.73. The smallest absolute Gasteiger partial charge is 0.433 e. The molecule has 0 fully saturated rings. The van der Waals surface area contributed by atoms with Crippen molar-refractivity contribution in [1.82, 2.24) is 0 Å². The molecule has 0 radical (unpaired) electrons. The summed E-state index contributed by atoms with van der Waals surface area (Å²) in [6.07, 6.45) is 0.104. The Morgan fingerprint density at radius 2 is 1.59 bits per heavy atom. The molecule has 0 aliphatic carbocycles. The maximum atomic E-state index is 11.3. The lowest BCUT2D eigenvalue weighted by Crippen LogP contribution is -2.46. The second kappa shape index (κ2) is 11.8. The van der Waals surface area contributed by atoms with Crippen LogP contribution in [0.2, 0.25) is 6.04 Å². The number of ether oxygens (including phenoxy) is 2. The number of hydrogen-bond acceptors (Lipinski definition) is 6. The van der Waals surface area contributed by atoms with E-state index in [1.807, 2.05) is 20.8 Å². The Bertz CT molecular complexity index is 317. The first-order chi connectivity index (χ1) is 10.4. The van der Waals surface area contributed by atoms with E-state index in [1.165, 1.54) is 0 Å². The van der Waals surface area contributed by atoms with E-state index in [0.29, 0.717) is 44.5 Å². The predicted octanol–water partition coefficient (Wildman–Crippen LogP) is 2.91. The summed E-state index contributed by atoms with van der Waals surface area (Å²) in [5.74, 6) is -0.450. The third kappa shape index (κ3) is 8.65. The van der Waals surface area contributed by atoms with Crippen LogP contribution < -0.4 is 0 Å². The van der Waals surface area contributed by atoms with Crippen molar-refractivity contribution in [2.24, 2.45) is 0 Å². The van der Waals surface area contributed by atoms with Crippen LogP contribution in [0.15, 0.2) is 12.2 Å². The molecular formula is C15H30O6Si. The van der Waals surface area contributed by atoms with Crippen molar-refractivity contribution in [2.75, 3.05) is 26.4 Å². The van der Waals surface area contributed by atoms with Crippen LogP contribution in [0, 0.1) is 0 Å². The molecule has 0 N–H and O–H groups in total. The van der Waals surface area contributed by atoms with Gasteiger partial charge in [-0.2, -0.15) is 0 Å². The van der Waals surface area contributed by atoms with Crippen LogP contribution in [-0.4, -0.2) is 47.5 Å². The Kier molecular flexibility index (Phi) is 11.4. The summed E-state index contributed by atoms with van der Waals surface area (Å²) in [5.41, 5.74) is 0.353. The van der Waals surface area contributed by atoms with E-state index in [1.54, 1.807) is 13.8 Å². The lowest BCUT2D eigenvalue weighted by atomic mass is 10.4. The van der Waals surface area contributed by atoms with E-state index >= 15 is 0 Å². The summed E-state index contributed by atoms with van der Waals surface area (Å²) in [5, 5.41) is 0. The van der Waals surface area contributed by atoms with Gasteiger partial charge in [-0.05, 0) is 41.0 Å². The van der Waals surface area contributed by atoms with Gasteiger partial charge in [0.2, 0.25) is 0 Å². The molecular weight excluding hydrogens is 304 g/mol. The summed E-state index contributed by atoms with van der Waals surface area (Å²) in [4.78, 5) is 11.3. The number of rotatable bonds is 13. The molecule has 0 bridgehead atoms. The predicted molar refractivity (Wildman–Crippen MR) is 86.4 cm³/mol. The number of carbonyl (C=O) groups excluding carboxylic acids is 1. The van der Waals surface area contributed by atoms with E-state index in [4.69, 9.17) is 22.8 Å². The lowest BCUT2D eigenvalue weighted by molar-refractivity contribution is -0.170. The molecule has 7 heteroatoms. The molecule has 0 spiro atoms. The van der Waals surface area contributed by atoms with Gasteiger partial charge in [-0.1, -0.05) is 6.58 Å². The average molecular weight is 334 g/mol. The first kappa shape index (κ1) is 21.3. The van der Waals surface area contributed by atoms with Crippen molar-refractivity contribution in [3.8, 4) is 0 Å². The highest BCUT2D eigenvalue weighted by molar-refractivity contribution is 6.60. The zero-order chi connectivity index (χ0) is 17.0. The third-order valence-corrected chi connectivity index (χ3v) is 5.85. The van der Waals surface area contributed by atoms with Crippen LogP contribution in [0.25, 0.3) is 0 Å². The minimum atomic E-state index is -2.62.